The highest BCUT2D eigenvalue weighted by Gasteiger charge is 2.41. The van der Waals surface area contributed by atoms with Crippen LogP contribution in [0.3, 0.4) is 0 Å². The van der Waals surface area contributed by atoms with E-state index in [4.69, 9.17) is 0 Å². The Morgan fingerprint density at radius 2 is 1.93 bits per heavy atom. The molecule has 6 rings (SSSR count). The summed E-state index contributed by atoms with van der Waals surface area (Å²) < 4.78 is 74.7. The molecule has 41 heavy (non-hydrogen) atoms. The average molecular weight is 575 g/mol. The summed E-state index contributed by atoms with van der Waals surface area (Å²) in [6.45, 7) is 1.60. The molecule has 1 aliphatic heterocycles. The maximum absolute atomic E-state index is 14.2. The molecular weight excluding hydrogens is 543 g/mol. The van der Waals surface area contributed by atoms with Gasteiger partial charge in [0.1, 0.15) is 12.2 Å². The highest BCUT2D eigenvalue weighted by atomic mass is 19.4. The smallest absolute Gasteiger partial charge is 0.320 e. The first-order valence-electron chi connectivity index (χ1n) is 13.8. The number of hydrogen-bond acceptors (Lipinski definition) is 4. The molecule has 0 radical (unpaired) electrons. The molecule has 1 saturated heterocycles. The molecule has 0 bridgehead atoms. The van der Waals surface area contributed by atoms with Crippen LogP contribution in [0.5, 0.6) is 0 Å². The van der Waals surface area contributed by atoms with Crippen LogP contribution in [0.1, 0.15) is 61.0 Å². The van der Waals surface area contributed by atoms with Crippen molar-refractivity contribution < 1.29 is 22.0 Å². The minimum Gasteiger partial charge on any atom is -0.320 e. The van der Waals surface area contributed by atoms with Gasteiger partial charge in [0.15, 0.2) is 0 Å². The number of rotatable bonds is 6. The second kappa shape index (κ2) is 10.1. The third-order valence-electron chi connectivity index (χ3n) is 8.70. The molecule has 1 saturated carbocycles. The van der Waals surface area contributed by atoms with Gasteiger partial charge in [-0.15, -0.1) is 10.2 Å². The van der Waals surface area contributed by atoms with Gasteiger partial charge in [-0.05, 0) is 48.1 Å². The molecule has 2 atom stereocenters. The molecule has 1 aromatic carbocycles. The number of piperidine rings is 1. The molecule has 1 unspecified atom stereocenters. The zero-order valence-electron chi connectivity index (χ0n) is 22.8. The zero-order valence-corrected chi connectivity index (χ0v) is 22.8. The van der Waals surface area contributed by atoms with Crippen molar-refractivity contribution in [1.82, 2.24) is 28.6 Å². The molecule has 4 aromatic rings. The van der Waals surface area contributed by atoms with Gasteiger partial charge in [0.2, 0.25) is 0 Å². The predicted molar refractivity (Wildman–Crippen MR) is 142 cm³/mol. The molecule has 1 aliphatic carbocycles. The quantitative estimate of drug-likeness (QED) is 0.280. The lowest BCUT2D eigenvalue weighted by Crippen LogP contribution is -2.45. The number of aromatic nitrogens is 5. The second-order valence-electron chi connectivity index (χ2n) is 11.5. The molecule has 3 aromatic heterocycles. The molecule has 0 N–H and O–H groups in total. The summed E-state index contributed by atoms with van der Waals surface area (Å²) >= 11 is 0. The van der Waals surface area contributed by atoms with E-state index >= 15 is 0 Å². The minimum atomic E-state index is -4.72. The summed E-state index contributed by atoms with van der Waals surface area (Å²) in [6, 6.07) is 8.30. The van der Waals surface area contributed by atoms with Crippen LogP contribution in [0.15, 0.2) is 53.8 Å². The minimum absolute atomic E-state index is 0.0350. The molecule has 4 heterocycles. The molecule has 2 fully saturated rings. The first-order valence-corrected chi connectivity index (χ1v) is 13.8. The fourth-order valence-corrected chi connectivity index (χ4v) is 6.16. The molecule has 12 heteroatoms. The Labute approximate surface area is 233 Å². The molecule has 0 spiro atoms. The number of alkyl halides is 5. The van der Waals surface area contributed by atoms with Crippen LogP contribution in [-0.4, -0.2) is 47.6 Å². The Morgan fingerprint density at radius 3 is 2.56 bits per heavy atom. The van der Waals surface area contributed by atoms with E-state index in [0.717, 1.165) is 41.1 Å². The Kier molecular flexibility index (Phi) is 6.79. The first-order chi connectivity index (χ1) is 19.4. The summed E-state index contributed by atoms with van der Waals surface area (Å²) in [4.78, 5) is 15.3. The van der Waals surface area contributed by atoms with Crippen molar-refractivity contribution in [3.63, 3.8) is 0 Å². The Morgan fingerprint density at radius 1 is 1.15 bits per heavy atom. The topological polar surface area (TPSA) is 60.4 Å². The Hall–Kier alpha value is -3.54. The fourth-order valence-electron chi connectivity index (χ4n) is 6.16. The van der Waals surface area contributed by atoms with E-state index in [0.29, 0.717) is 11.6 Å². The highest BCUT2D eigenvalue weighted by molar-refractivity contribution is 5.58. The van der Waals surface area contributed by atoms with Crippen LogP contribution in [0, 0.1) is 11.8 Å². The van der Waals surface area contributed by atoms with Crippen molar-refractivity contribution in [2.24, 2.45) is 18.9 Å². The van der Waals surface area contributed by atoms with Crippen molar-refractivity contribution in [2.75, 3.05) is 13.1 Å². The largest absolute Gasteiger partial charge is 0.418 e. The second-order valence-corrected chi connectivity index (χ2v) is 11.5. The van der Waals surface area contributed by atoms with Gasteiger partial charge in [-0.2, -0.15) is 13.2 Å². The highest BCUT2D eigenvalue weighted by Crippen LogP contribution is 2.43. The van der Waals surface area contributed by atoms with Crippen molar-refractivity contribution >= 4 is 5.52 Å². The number of benzene rings is 1. The van der Waals surface area contributed by atoms with Gasteiger partial charge in [-0.1, -0.05) is 25.5 Å². The van der Waals surface area contributed by atoms with E-state index in [2.05, 4.69) is 10.2 Å². The van der Waals surface area contributed by atoms with Gasteiger partial charge in [0.05, 0.1) is 16.8 Å². The van der Waals surface area contributed by atoms with Crippen molar-refractivity contribution in [3.8, 4) is 5.69 Å². The zero-order chi connectivity index (χ0) is 29.1. The molecule has 0 amide bonds. The van der Waals surface area contributed by atoms with Crippen molar-refractivity contribution in [1.29, 1.82) is 0 Å². The van der Waals surface area contributed by atoms with Crippen molar-refractivity contribution in [3.05, 3.63) is 82.1 Å². The monoisotopic (exact) mass is 574 g/mol. The van der Waals surface area contributed by atoms with Crippen LogP contribution < -0.4 is 5.69 Å². The van der Waals surface area contributed by atoms with E-state index < -0.39 is 29.3 Å². The van der Waals surface area contributed by atoms with Crippen LogP contribution >= 0.6 is 0 Å². The van der Waals surface area contributed by atoms with Gasteiger partial charge in [0, 0.05) is 57.3 Å². The molecule has 2 aliphatic rings. The number of imidazole rings is 1. The van der Waals surface area contributed by atoms with Crippen LogP contribution in [-0.2, 0) is 19.8 Å². The number of fused-ring (bicyclic) bond motifs is 1. The number of nitrogens with zero attached hydrogens (tertiary/aromatic N) is 6. The Bertz CT molecular complexity index is 1630. The fraction of sp³-hybridized carbons (Fsp3) is 0.483. The number of pyridine rings is 1. The lowest BCUT2D eigenvalue weighted by molar-refractivity contribution is -0.136. The predicted octanol–water partition coefficient (Wildman–Crippen LogP) is 5.65. The average Bonchev–Trinajstić information content (AvgIpc) is 3.45. The van der Waals surface area contributed by atoms with Gasteiger partial charge < -0.3 is 4.57 Å². The van der Waals surface area contributed by atoms with Crippen LogP contribution in [0.4, 0.5) is 22.0 Å². The van der Waals surface area contributed by atoms with Crippen molar-refractivity contribution in [2.45, 2.75) is 57.2 Å². The standard InChI is InChI=1S/C29H31F5N6O/c1-18-13-38(10-9-28(18,30)31)14-19-11-23(29(32,33)34)24-16-39(27(41)40(24)15-19)22-8-4-7-21(12-22)25(20-5-3-6-20)26-36-35-17-37(26)2/h4,7-8,11-12,15-18,20,25H,3,5-6,9-10,13-14H2,1-2H3/t18-,25?/m1/s1. The first kappa shape index (κ1) is 27.6. The van der Waals surface area contributed by atoms with Crippen LogP contribution in [0.25, 0.3) is 11.2 Å². The summed E-state index contributed by atoms with van der Waals surface area (Å²) in [5.41, 5.74) is -0.240. The van der Waals surface area contributed by atoms with Gasteiger partial charge >= 0.3 is 11.9 Å². The van der Waals surface area contributed by atoms with E-state index in [-0.39, 0.29) is 43.1 Å². The summed E-state index contributed by atoms with van der Waals surface area (Å²) in [7, 11) is 1.88. The van der Waals surface area contributed by atoms with Crippen LogP contribution in [0.2, 0.25) is 0 Å². The lowest BCUT2D eigenvalue weighted by atomic mass is 9.72. The summed E-state index contributed by atoms with van der Waals surface area (Å²) in [5.74, 6) is -2.61. The number of likely N-dealkylation sites (tertiary alicyclic amines) is 1. The molecule has 218 valence electrons. The normalized spacial score (nSPS) is 20.8. The van der Waals surface area contributed by atoms with E-state index in [1.165, 1.54) is 23.9 Å². The van der Waals surface area contributed by atoms with Gasteiger partial charge in [-0.25, -0.2) is 13.6 Å². The number of aryl methyl sites for hydroxylation is 1. The van der Waals surface area contributed by atoms with E-state index in [1.54, 1.807) is 23.4 Å². The van der Waals surface area contributed by atoms with E-state index in [9.17, 15) is 26.7 Å². The lowest BCUT2D eigenvalue weighted by Gasteiger charge is -2.36. The SMILES string of the molecule is C[C@@H]1CN(Cc2cc(C(F)(F)F)c3cn(-c4cccc(C(c5nncn5C)C5CCC5)c4)c(=O)n3c2)CCC1(F)F. The maximum atomic E-state index is 14.2. The summed E-state index contributed by atoms with van der Waals surface area (Å²) in [6.07, 6.45) is 2.36. The third kappa shape index (κ3) is 5.06. The maximum Gasteiger partial charge on any atom is 0.418 e. The molecule has 7 nitrogen and oxygen atoms in total. The Balaban J connectivity index is 1.40. The number of halogens is 5. The van der Waals surface area contributed by atoms with Gasteiger partial charge in [-0.3, -0.25) is 13.9 Å². The summed E-state index contributed by atoms with van der Waals surface area (Å²) in [5, 5.41) is 8.36. The van der Waals surface area contributed by atoms with E-state index in [1.807, 2.05) is 23.7 Å². The van der Waals surface area contributed by atoms with Gasteiger partial charge in [0.25, 0.3) is 5.92 Å². The molecular formula is C29H31F5N6O. The number of hydrogen-bond donors (Lipinski definition) is 0. The third-order valence-corrected chi connectivity index (χ3v) is 8.70.